The van der Waals surface area contributed by atoms with E-state index in [-0.39, 0.29) is 36.0 Å². The van der Waals surface area contributed by atoms with E-state index in [2.05, 4.69) is 6.92 Å². The van der Waals surface area contributed by atoms with Crippen LogP contribution in [0, 0.1) is 5.92 Å². The first-order valence-corrected chi connectivity index (χ1v) is 8.93. The van der Waals surface area contributed by atoms with Gasteiger partial charge in [-0.15, -0.1) is 0 Å². The van der Waals surface area contributed by atoms with E-state index >= 15 is 0 Å². The van der Waals surface area contributed by atoms with Crippen molar-refractivity contribution in [3.8, 4) is 0 Å². The molecule has 5 nitrogen and oxygen atoms in total. The Bertz CT molecular complexity index is 403. The minimum Gasteiger partial charge on any atom is -0.467 e. The van der Waals surface area contributed by atoms with Crippen LogP contribution in [0.25, 0.3) is 0 Å². The minimum absolute atomic E-state index is 0.00150. The summed E-state index contributed by atoms with van der Waals surface area (Å²) in [7, 11) is 1.37. The lowest BCUT2D eigenvalue weighted by atomic mass is 9.91. The van der Waals surface area contributed by atoms with Crippen LogP contribution in [-0.2, 0) is 19.1 Å². The maximum atomic E-state index is 12.7. The van der Waals surface area contributed by atoms with Crippen molar-refractivity contribution in [2.75, 3.05) is 19.1 Å². The van der Waals surface area contributed by atoms with Gasteiger partial charge in [-0.3, -0.25) is 4.79 Å². The predicted molar refractivity (Wildman–Crippen MR) is 82.2 cm³/mol. The molecule has 120 valence electrons. The second-order valence-corrected chi connectivity index (χ2v) is 6.93. The summed E-state index contributed by atoms with van der Waals surface area (Å²) in [4.78, 5) is 26.4. The summed E-state index contributed by atoms with van der Waals surface area (Å²) in [6, 6.07) is 0.220. The third-order valence-corrected chi connectivity index (χ3v) is 5.32. The van der Waals surface area contributed by atoms with Crippen molar-refractivity contribution in [2.24, 2.45) is 5.92 Å². The minimum atomic E-state index is -0.526. The van der Waals surface area contributed by atoms with Gasteiger partial charge in [-0.25, -0.2) is 4.79 Å². The second-order valence-electron chi connectivity index (χ2n) is 6.02. The van der Waals surface area contributed by atoms with Gasteiger partial charge in [-0.05, 0) is 26.0 Å². The Hall–Kier alpha value is -0.750. The van der Waals surface area contributed by atoms with Gasteiger partial charge in [0.05, 0.1) is 19.3 Å². The molecule has 0 aromatic heterocycles. The third-order valence-electron chi connectivity index (χ3n) is 4.48. The molecule has 0 aromatic rings. The molecule has 2 heterocycles. The highest BCUT2D eigenvalue weighted by atomic mass is 32.2. The Kier molecular flexibility index (Phi) is 5.54. The van der Waals surface area contributed by atoms with Gasteiger partial charge in [0, 0.05) is 24.1 Å². The van der Waals surface area contributed by atoms with Crippen LogP contribution >= 0.6 is 11.8 Å². The monoisotopic (exact) mass is 315 g/mol. The van der Waals surface area contributed by atoms with Gasteiger partial charge >= 0.3 is 5.97 Å². The molecule has 21 heavy (non-hydrogen) atoms. The van der Waals surface area contributed by atoms with Crippen molar-refractivity contribution in [3.05, 3.63) is 0 Å². The topological polar surface area (TPSA) is 55.8 Å². The first-order valence-electron chi connectivity index (χ1n) is 7.54. The van der Waals surface area contributed by atoms with E-state index in [4.69, 9.17) is 9.47 Å². The number of likely N-dealkylation sites (tertiary alicyclic amines) is 1. The molecule has 2 rings (SSSR count). The zero-order valence-electron chi connectivity index (χ0n) is 13.2. The molecule has 5 atom stereocenters. The van der Waals surface area contributed by atoms with Crippen LogP contribution in [0.5, 0.6) is 0 Å². The number of carbonyl (C=O) groups is 2. The number of fused-ring (bicyclic) bond motifs is 1. The Balaban J connectivity index is 2.12. The summed E-state index contributed by atoms with van der Waals surface area (Å²) in [5.41, 5.74) is 0. The summed E-state index contributed by atoms with van der Waals surface area (Å²) < 4.78 is 10.6. The number of hydrogen-bond donors (Lipinski definition) is 0. The van der Waals surface area contributed by atoms with Crippen molar-refractivity contribution < 1.29 is 19.1 Å². The van der Waals surface area contributed by atoms with Crippen molar-refractivity contribution in [3.63, 3.8) is 0 Å². The molecule has 0 spiro atoms. The molecule has 0 N–H and O–H groups in total. The first-order chi connectivity index (χ1) is 9.99. The van der Waals surface area contributed by atoms with Gasteiger partial charge in [-0.1, -0.05) is 6.92 Å². The Labute approximate surface area is 130 Å². The average Bonchev–Trinajstić information content (AvgIpc) is 2.89. The molecule has 2 fully saturated rings. The Morgan fingerprint density at radius 2 is 2.14 bits per heavy atom. The largest absolute Gasteiger partial charge is 0.467 e. The third kappa shape index (κ3) is 3.37. The fourth-order valence-electron chi connectivity index (χ4n) is 3.39. The van der Waals surface area contributed by atoms with Crippen molar-refractivity contribution in [2.45, 2.75) is 57.4 Å². The zero-order valence-corrected chi connectivity index (χ0v) is 14.0. The van der Waals surface area contributed by atoms with Crippen LogP contribution in [0.15, 0.2) is 0 Å². The van der Waals surface area contributed by atoms with Crippen molar-refractivity contribution in [1.29, 1.82) is 0 Å². The lowest BCUT2D eigenvalue weighted by Gasteiger charge is -2.42. The van der Waals surface area contributed by atoms with Crippen LogP contribution in [0.4, 0.5) is 0 Å². The zero-order chi connectivity index (χ0) is 15.6. The van der Waals surface area contributed by atoms with Gasteiger partial charge < -0.3 is 14.4 Å². The summed E-state index contributed by atoms with van der Waals surface area (Å²) >= 11 is 1.68. The van der Waals surface area contributed by atoms with E-state index in [0.29, 0.717) is 6.42 Å². The van der Waals surface area contributed by atoms with Crippen LogP contribution < -0.4 is 0 Å². The van der Waals surface area contributed by atoms with Crippen LogP contribution in [0.3, 0.4) is 0 Å². The van der Waals surface area contributed by atoms with Gasteiger partial charge in [0.1, 0.15) is 0 Å². The number of methoxy groups -OCH3 is 1. The smallest absolute Gasteiger partial charge is 0.335 e. The normalized spacial score (nSPS) is 33.4. The lowest BCUT2D eigenvalue weighted by Crippen LogP contribution is -2.54. The number of amides is 1. The maximum absolute atomic E-state index is 12.7. The molecule has 0 radical (unpaired) electrons. The summed E-state index contributed by atoms with van der Waals surface area (Å²) in [6.07, 6.45) is 3.84. The molecule has 0 saturated carbocycles. The van der Waals surface area contributed by atoms with E-state index < -0.39 is 6.10 Å². The predicted octanol–water partition coefficient (Wildman–Crippen LogP) is 1.70. The van der Waals surface area contributed by atoms with Crippen LogP contribution in [0.2, 0.25) is 0 Å². The molecule has 2 aliphatic heterocycles. The Morgan fingerprint density at radius 3 is 2.76 bits per heavy atom. The van der Waals surface area contributed by atoms with E-state index in [9.17, 15) is 9.59 Å². The molecule has 0 unspecified atom stereocenters. The SMILES string of the molecule is COC(=O)[C@@H]1C[C@@H]2[C@H](CC[C@H](C)N2C(=O)[C@@H](C)CSC)O1. The highest BCUT2D eigenvalue weighted by Gasteiger charge is 2.48. The molecule has 6 heteroatoms. The van der Waals surface area contributed by atoms with Gasteiger partial charge in [0.15, 0.2) is 6.10 Å². The standard InChI is InChI=1S/C15H25NO4S/c1-9(8-21-4)14(17)16-10(2)5-6-12-11(16)7-13(20-12)15(18)19-3/h9-13H,5-8H2,1-4H3/t9-,10-,11+,12-,13-/m0/s1. The van der Waals surface area contributed by atoms with E-state index in [1.807, 2.05) is 18.1 Å². The molecular formula is C15H25NO4S. The maximum Gasteiger partial charge on any atom is 0.335 e. The average molecular weight is 315 g/mol. The van der Waals surface area contributed by atoms with Gasteiger partial charge in [0.25, 0.3) is 0 Å². The van der Waals surface area contributed by atoms with E-state index in [0.717, 1.165) is 18.6 Å². The second kappa shape index (κ2) is 7.01. The van der Waals surface area contributed by atoms with Crippen molar-refractivity contribution >= 4 is 23.6 Å². The first kappa shape index (κ1) is 16.6. The number of ether oxygens (including phenoxy) is 2. The van der Waals surface area contributed by atoms with Crippen LogP contribution in [0.1, 0.15) is 33.1 Å². The number of carbonyl (C=O) groups excluding carboxylic acids is 2. The van der Waals surface area contributed by atoms with Gasteiger partial charge in [0.2, 0.25) is 5.91 Å². The van der Waals surface area contributed by atoms with Gasteiger partial charge in [-0.2, -0.15) is 11.8 Å². The lowest BCUT2D eigenvalue weighted by molar-refractivity contribution is -0.154. The van der Waals surface area contributed by atoms with Crippen molar-refractivity contribution in [1.82, 2.24) is 4.90 Å². The number of thioether (sulfide) groups is 1. The number of piperidine rings is 1. The molecule has 2 aliphatic rings. The molecule has 0 aliphatic carbocycles. The fraction of sp³-hybridized carbons (Fsp3) is 0.867. The molecule has 0 bridgehead atoms. The Morgan fingerprint density at radius 1 is 1.43 bits per heavy atom. The quantitative estimate of drug-likeness (QED) is 0.739. The highest BCUT2D eigenvalue weighted by Crippen LogP contribution is 2.36. The van der Waals surface area contributed by atoms with Crippen LogP contribution in [-0.4, -0.2) is 60.2 Å². The molecule has 1 amide bonds. The molecule has 2 saturated heterocycles. The summed E-state index contributed by atoms with van der Waals surface area (Å²) in [6.45, 7) is 4.06. The van der Waals surface area contributed by atoms with E-state index in [1.54, 1.807) is 11.8 Å². The highest BCUT2D eigenvalue weighted by molar-refractivity contribution is 7.98. The number of esters is 1. The number of hydrogen-bond acceptors (Lipinski definition) is 5. The summed E-state index contributed by atoms with van der Waals surface area (Å²) in [5, 5.41) is 0. The number of nitrogens with zero attached hydrogens (tertiary/aromatic N) is 1. The fourth-order valence-corrected chi connectivity index (χ4v) is 4.04. The summed E-state index contributed by atoms with van der Waals surface area (Å²) in [5.74, 6) is 0.668. The van der Waals surface area contributed by atoms with E-state index in [1.165, 1.54) is 7.11 Å². The molecule has 0 aromatic carbocycles. The number of rotatable bonds is 4. The molecular weight excluding hydrogens is 290 g/mol.